The van der Waals surface area contributed by atoms with Gasteiger partial charge in [0.15, 0.2) is 0 Å². The smallest absolute Gasteiger partial charge is 0.222 e. The Morgan fingerprint density at radius 3 is 2.67 bits per heavy atom. The van der Waals surface area contributed by atoms with Crippen LogP contribution >= 0.6 is 0 Å². The van der Waals surface area contributed by atoms with Crippen molar-refractivity contribution in [3.63, 3.8) is 0 Å². The van der Waals surface area contributed by atoms with E-state index in [9.17, 15) is 4.79 Å². The Morgan fingerprint density at radius 1 is 1.29 bits per heavy atom. The summed E-state index contributed by atoms with van der Waals surface area (Å²) < 4.78 is 0. The molecule has 1 aromatic rings. The van der Waals surface area contributed by atoms with Crippen molar-refractivity contribution in [2.24, 2.45) is 5.92 Å². The zero-order valence-electron chi connectivity index (χ0n) is 13.6. The average molecular weight is 288 g/mol. The van der Waals surface area contributed by atoms with Gasteiger partial charge < -0.3 is 9.80 Å². The molecule has 1 fully saturated rings. The molecule has 3 nitrogen and oxygen atoms in total. The molecule has 1 atom stereocenters. The number of benzene rings is 1. The first kappa shape index (κ1) is 16.0. The standard InChI is InChI=1S/C18H28N2O/c1-15(2)20-14-17(9-10-18(20)21)13-19(3)12-11-16-7-5-4-6-8-16/h4-8,15,17H,9-14H2,1-3H3. The first-order valence-electron chi connectivity index (χ1n) is 8.08. The molecule has 0 bridgehead atoms. The molecule has 116 valence electrons. The Balaban J connectivity index is 1.77. The maximum absolute atomic E-state index is 11.9. The van der Waals surface area contributed by atoms with E-state index in [1.165, 1.54) is 5.56 Å². The van der Waals surface area contributed by atoms with Gasteiger partial charge in [0.05, 0.1) is 0 Å². The predicted molar refractivity (Wildman–Crippen MR) is 87.2 cm³/mol. The maximum atomic E-state index is 11.9. The number of carbonyl (C=O) groups is 1. The Kier molecular flexibility index (Phi) is 5.80. The molecule has 3 heteroatoms. The minimum Gasteiger partial charge on any atom is -0.340 e. The summed E-state index contributed by atoms with van der Waals surface area (Å²) in [6.45, 7) is 7.31. The Morgan fingerprint density at radius 2 is 2.00 bits per heavy atom. The Bertz CT molecular complexity index is 444. The Hall–Kier alpha value is -1.35. The van der Waals surface area contributed by atoms with E-state index >= 15 is 0 Å². The third-order valence-corrected chi connectivity index (χ3v) is 4.36. The molecular weight excluding hydrogens is 260 g/mol. The van der Waals surface area contributed by atoms with Crippen molar-refractivity contribution in [2.75, 3.05) is 26.7 Å². The zero-order valence-corrected chi connectivity index (χ0v) is 13.6. The number of amides is 1. The van der Waals surface area contributed by atoms with Gasteiger partial charge in [0, 0.05) is 32.1 Å². The number of hydrogen-bond donors (Lipinski definition) is 0. The van der Waals surface area contributed by atoms with Gasteiger partial charge in [-0.15, -0.1) is 0 Å². The monoisotopic (exact) mass is 288 g/mol. The number of hydrogen-bond acceptors (Lipinski definition) is 2. The SMILES string of the molecule is CC(C)N1CC(CN(C)CCc2ccccc2)CCC1=O. The van der Waals surface area contributed by atoms with Crippen LogP contribution in [0.1, 0.15) is 32.3 Å². The number of piperidine rings is 1. The van der Waals surface area contributed by atoms with Crippen molar-refractivity contribution in [3.05, 3.63) is 35.9 Å². The van der Waals surface area contributed by atoms with Gasteiger partial charge in [0.25, 0.3) is 0 Å². The second-order valence-electron chi connectivity index (χ2n) is 6.54. The fourth-order valence-electron chi connectivity index (χ4n) is 3.09. The maximum Gasteiger partial charge on any atom is 0.222 e. The van der Waals surface area contributed by atoms with Crippen LogP contribution in [-0.4, -0.2) is 48.4 Å². The number of likely N-dealkylation sites (N-methyl/N-ethyl adjacent to an activating group) is 1. The summed E-state index contributed by atoms with van der Waals surface area (Å²) in [7, 11) is 2.19. The molecule has 0 saturated carbocycles. The summed E-state index contributed by atoms with van der Waals surface area (Å²) in [4.78, 5) is 16.3. The van der Waals surface area contributed by atoms with Crippen molar-refractivity contribution in [2.45, 2.75) is 39.2 Å². The van der Waals surface area contributed by atoms with Crippen LogP contribution < -0.4 is 0 Å². The average Bonchev–Trinajstić information content (AvgIpc) is 2.48. The molecule has 21 heavy (non-hydrogen) atoms. The van der Waals surface area contributed by atoms with Gasteiger partial charge in [-0.3, -0.25) is 4.79 Å². The normalized spacial score (nSPS) is 19.6. The molecule has 1 aromatic carbocycles. The van der Waals surface area contributed by atoms with E-state index in [4.69, 9.17) is 0 Å². The first-order chi connectivity index (χ1) is 10.1. The quantitative estimate of drug-likeness (QED) is 0.803. The largest absolute Gasteiger partial charge is 0.340 e. The molecule has 0 N–H and O–H groups in total. The van der Waals surface area contributed by atoms with Crippen LogP contribution in [0.15, 0.2) is 30.3 Å². The van der Waals surface area contributed by atoms with E-state index in [1.54, 1.807) is 0 Å². The molecule has 0 aromatic heterocycles. The molecule has 1 aliphatic heterocycles. The van der Waals surface area contributed by atoms with E-state index in [0.717, 1.165) is 38.9 Å². The lowest BCUT2D eigenvalue weighted by atomic mass is 9.96. The van der Waals surface area contributed by atoms with Crippen LogP contribution in [0.5, 0.6) is 0 Å². The summed E-state index contributed by atoms with van der Waals surface area (Å²) in [5.41, 5.74) is 1.40. The Labute approximate surface area is 128 Å². The van der Waals surface area contributed by atoms with Crippen molar-refractivity contribution < 1.29 is 4.79 Å². The lowest BCUT2D eigenvalue weighted by Gasteiger charge is -2.37. The summed E-state index contributed by atoms with van der Waals surface area (Å²) in [5.74, 6) is 0.944. The van der Waals surface area contributed by atoms with Gasteiger partial charge in [-0.1, -0.05) is 30.3 Å². The second kappa shape index (κ2) is 7.60. The molecule has 2 rings (SSSR count). The van der Waals surface area contributed by atoms with Crippen LogP contribution in [0.3, 0.4) is 0 Å². The topological polar surface area (TPSA) is 23.6 Å². The number of nitrogens with zero attached hydrogens (tertiary/aromatic N) is 2. The van der Waals surface area contributed by atoms with Crippen LogP contribution in [0.2, 0.25) is 0 Å². The highest BCUT2D eigenvalue weighted by Crippen LogP contribution is 2.20. The summed E-state index contributed by atoms with van der Waals surface area (Å²) in [6.07, 6.45) is 2.85. The molecule has 0 radical (unpaired) electrons. The lowest BCUT2D eigenvalue weighted by Crippen LogP contribution is -2.46. The van der Waals surface area contributed by atoms with Crippen LogP contribution in [0.4, 0.5) is 0 Å². The fraction of sp³-hybridized carbons (Fsp3) is 0.611. The van der Waals surface area contributed by atoms with E-state index in [1.807, 2.05) is 4.90 Å². The molecule has 0 spiro atoms. The summed E-state index contributed by atoms with van der Waals surface area (Å²) in [5, 5.41) is 0. The van der Waals surface area contributed by atoms with Crippen molar-refractivity contribution in [1.82, 2.24) is 9.80 Å². The van der Waals surface area contributed by atoms with Gasteiger partial charge in [0.2, 0.25) is 5.91 Å². The van der Waals surface area contributed by atoms with Crippen LogP contribution in [0, 0.1) is 5.92 Å². The molecule has 1 saturated heterocycles. The third-order valence-electron chi connectivity index (χ3n) is 4.36. The van der Waals surface area contributed by atoms with Gasteiger partial charge in [0.1, 0.15) is 0 Å². The summed E-state index contributed by atoms with van der Waals surface area (Å²) >= 11 is 0. The minimum absolute atomic E-state index is 0.327. The van der Waals surface area contributed by atoms with E-state index in [0.29, 0.717) is 17.9 Å². The lowest BCUT2D eigenvalue weighted by molar-refractivity contribution is -0.136. The molecule has 1 heterocycles. The molecule has 1 amide bonds. The number of carbonyl (C=O) groups excluding carboxylic acids is 1. The van der Waals surface area contributed by atoms with Crippen LogP contribution in [-0.2, 0) is 11.2 Å². The first-order valence-corrected chi connectivity index (χ1v) is 8.08. The molecule has 0 aliphatic carbocycles. The van der Waals surface area contributed by atoms with Crippen molar-refractivity contribution >= 4 is 5.91 Å². The van der Waals surface area contributed by atoms with Gasteiger partial charge in [-0.05, 0) is 45.2 Å². The molecule has 1 aliphatic rings. The second-order valence-corrected chi connectivity index (χ2v) is 6.54. The van der Waals surface area contributed by atoms with E-state index < -0.39 is 0 Å². The van der Waals surface area contributed by atoms with Crippen LogP contribution in [0.25, 0.3) is 0 Å². The minimum atomic E-state index is 0.327. The van der Waals surface area contributed by atoms with E-state index in [-0.39, 0.29) is 0 Å². The van der Waals surface area contributed by atoms with Gasteiger partial charge in [-0.25, -0.2) is 0 Å². The highest BCUT2D eigenvalue weighted by atomic mass is 16.2. The fourth-order valence-corrected chi connectivity index (χ4v) is 3.09. The predicted octanol–water partition coefficient (Wildman–Crippen LogP) is 2.81. The number of likely N-dealkylation sites (tertiary alicyclic amines) is 1. The van der Waals surface area contributed by atoms with E-state index in [2.05, 4.69) is 56.1 Å². The van der Waals surface area contributed by atoms with Crippen molar-refractivity contribution in [3.8, 4) is 0 Å². The molecule has 1 unspecified atom stereocenters. The van der Waals surface area contributed by atoms with Gasteiger partial charge in [-0.2, -0.15) is 0 Å². The third kappa shape index (κ3) is 4.85. The number of rotatable bonds is 6. The highest BCUT2D eigenvalue weighted by molar-refractivity contribution is 5.77. The molecular formula is C18H28N2O. The zero-order chi connectivity index (χ0) is 15.2. The highest BCUT2D eigenvalue weighted by Gasteiger charge is 2.27. The van der Waals surface area contributed by atoms with Crippen molar-refractivity contribution in [1.29, 1.82) is 0 Å². The summed E-state index contributed by atoms with van der Waals surface area (Å²) in [6, 6.07) is 11.0. The van der Waals surface area contributed by atoms with Gasteiger partial charge >= 0.3 is 0 Å².